The third kappa shape index (κ3) is 9.22. The van der Waals surface area contributed by atoms with Gasteiger partial charge in [-0.3, -0.25) is 0 Å². The standard InChI is InChI=1S/C71H66N4O.Pt/c1-46-38-65(72-44-59(46)58-29-21-30-60-66(58)71(10,11)37-36-70(60,8)9)75-61-31-16-15-26-56(61)57-35-34-53(43-64(57)75)76-52-25-19-24-51(42-52)73-45-74(63-33-18-17-32-62(63)73)67-54(47-22-13-12-14-23-47)27-20-28-55(67)48-39-49(68(2,3)4)41-50(40-48)69(5,6)7;/h12-35,38-41,44H,36-37H2,1-11H3;/q;+2/i1D3,12D,13D,14D,15D,16D,22D,23D,26D,31D;. The molecule has 8 aromatic carbocycles. The van der Waals surface area contributed by atoms with Gasteiger partial charge >= 0.3 is 27.1 Å². The van der Waals surface area contributed by atoms with Crippen LogP contribution in [-0.4, -0.2) is 15.6 Å². The van der Waals surface area contributed by atoms with Crippen LogP contribution in [0.25, 0.3) is 61.0 Å². The number of para-hydroxylation sites is 4. The zero-order valence-corrected chi connectivity index (χ0v) is 47.2. The maximum Gasteiger partial charge on any atom is 2.00 e. The van der Waals surface area contributed by atoms with E-state index in [0.717, 1.165) is 51.8 Å². The van der Waals surface area contributed by atoms with Gasteiger partial charge in [0.25, 0.3) is 11.4 Å². The van der Waals surface area contributed by atoms with Crippen LogP contribution in [0.15, 0.2) is 176 Å². The van der Waals surface area contributed by atoms with Crippen molar-refractivity contribution in [3.05, 3.63) is 216 Å². The molecule has 77 heavy (non-hydrogen) atoms. The second kappa shape index (κ2) is 19.2. The molecule has 2 aromatic heterocycles. The smallest absolute Gasteiger partial charge is 0.509 e. The van der Waals surface area contributed by atoms with Crippen LogP contribution in [0.2, 0.25) is 0 Å². The molecule has 0 saturated carbocycles. The Kier molecular flexibility index (Phi) is 9.75. The van der Waals surface area contributed by atoms with Crippen molar-refractivity contribution in [3.63, 3.8) is 0 Å². The summed E-state index contributed by atoms with van der Waals surface area (Å²) in [6.45, 7) is 19.2. The second-order valence-corrected chi connectivity index (χ2v) is 23.5. The molecule has 0 radical (unpaired) electrons. The number of hydrogen-bond acceptors (Lipinski definition) is 2. The molecule has 0 atom stereocenters. The van der Waals surface area contributed by atoms with Gasteiger partial charge in [0.05, 0.1) is 23.5 Å². The van der Waals surface area contributed by atoms with Crippen LogP contribution in [0.5, 0.6) is 11.5 Å². The Balaban J connectivity index is 0.00000817. The van der Waals surface area contributed by atoms with Crippen molar-refractivity contribution < 1.29 is 42.3 Å². The first kappa shape index (κ1) is 39.0. The number of pyridine rings is 1. The third-order valence-electron chi connectivity index (χ3n) is 15.3. The molecule has 0 fully saturated rings. The normalized spacial score (nSPS) is 17.0. The summed E-state index contributed by atoms with van der Waals surface area (Å²) in [6.07, 6.45) is 3.44. The SMILES string of the molecule is [2H]c1c([2H])c([2H])c(-c2cccc(-c3cc(C(C)(C)C)cc(C(C)(C)C)c3)c2[N+]2=C=[N+](c3[c-]c(Oc4[c-]c5c(cc4)c4c([2H])c([2H])c([2H])c([2H])c4n5-c4cc(C([2H])([2H])[2H])c(-c5cccc6c5C(C)(C)CCC6(C)C)cn4)ccc3)c3ccccc32)c([2H])c1[2H].[Pt+2]. The van der Waals surface area contributed by atoms with Gasteiger partial charge in [-0.15, -0.1) is 23.6 Å². The first-order chi connectivity index (χ1) is 41.3. The maximum absolute atomic E-state index is 9.31. The van der Waals surface area contributed by atoms with Crippen molar-refractivity contribution in [2.45, 2.75) is 111 Å². The van der Waals surface area contributed by atoms with E-state index in [2.05, 4.69) is 112 Å². The van der Waals surface area contributed by atoms with E-state index >= 15 is 0 Å². The van der Waals surface area contributed by atoms with E-state index in [1.54, 1.807) is 41.1 Å². The van der Waals surface area contributed by atoms with E-state index in [-0.39, 0.29) is 112 Å². The largest absolute Gasteiger partial charge is 2.00 e. The Morgan fingerprint density at radius 1 is 0.623 bits per heavy atom. The van der Waals surface area contributed by atoms with E-state index in [9.17, 15) is 5.48 Å². The van der Waals surface area contributed by atoms with Crippen molar-refractivity contribution in [2.24, 2.45) is 0 Å². The Morgan fingerprint density at radius 2 is 1.26 bits per heavy atom. The number of rotatable bonds is 8. The minimum Gasteiger partial charge on any atom is -0.509 e. The summed E-state index contributed by atoms with van der Waals surface area (Å²) in [7, 11) is 0. The molecule has 1 aliphatic carbocycles. The summed E-state index contributed by atoms with van der Waals surface area (Å²) in [6, 6.07) is 43.0. The zero-order chi connectivity index (χ0) is 63.2. The molecule has 0 N–H and O–H groups in total. The number of nitrogens with zero attached hydrogens (tertiary/aromatic N) is 4. The average molecular weight is 1200 g/mol. The number of ether oxygens (including phenoxy) is 1. The van der Waals surface area contributed by atoms with Crippen LogP contribution in [0, 0.1) is 19.0 Å². The van der Waals surface area contributed by atoms with Crippen molar-refractivity contribution in [1.82, 2.24) is 18.7 Å². The van der Waals surface area contributed by atoms with Crippen LogP contribution < -0.4 is 13.9 Å². The fraction of sp³-hybridized carbons (Fsp3) is 0.239. The number of aromatic nitrogens is 2. The predicted molar refractivity (Wildman–Crippen MR) is 317 cm³/mol. The fourth-order valence-electron chi connectivity index (χ4n) is 11.0. The van der Waals surface area contributed by atoms with E-state index in [0.29, 0.717) is 39.3 Å². The van der Waals surface area contributed by atoms with Crippen LogP contribution in [0.4, 0.5) is 22.7 Å². The molecule has 6 heteroatoms. The van der Waals surface area contributed by atoms with Crippen molar-refractivity contribution >= 4 is 50.6 Å². The summed E-state index contributed by atoms with van der Waals surface area (Å²) in [4.78, 5) is 4.97. The third-order valence-corrected chi connectivity index (χ3v) is 15.3. The first-order valence-electron chi connectivity index (χ1n) is 31.9. The van der Waals surface area contributed by atoms with Gasteiger partial charge in [-0.25, -0.2) is 4.98 Å². The maximum atomic E-state index is 9.31. The van der Waals surface area contributed by atoms with E-state index in [1.807, 2.05) is 63.7 Å². The van der Waals surface area contributed by atoms with E-state index in [4.69, 9.17) is 20.7 Å². The topological polar surface area (TPSA) is 33.1 Å². The van der Waals surface area contributed by atoms with Crippen molar-refractivity contribution in [1.29, 1.82) is 0 Å². The van der Waals surface area contributed by atoms with E-state index in [1.165, 1.54) is 6.07 Å². The minimum atomic E-state index is -2.63. The molecule has 384 valence electrons. The summed E-state index contributed by atoms with van der Waals surface area (Å²) in [5, 5.41) is 0.617. The number of benzene rings is 8. The Labute approximate surface area is 486 Å². The molecule has 0 spiro atoms. The molecule has 0 saturated heterocycles. The van der Waals surface area contributed by atoms with Crippen LogP contribution >= 0.6 is 0 Å². The van der Waals surface area contributed by atoms with Gasteiger partial charge in [0.1, 0.15) is 11.5 Å². The minimum absolute atomic E-state index is 0. The van der Waals surface area contributed by atoms with Crippen molar-refractivity contribution in [3.8, 4) is 50.7 Å². The van der Waals surface area contributed by atoms with Gasteiger partial charge in [0.15, 0.2) is 0 Å². The summed E-state index contributed by atoms with van der Waals surface area (Å²) < 4.78 is 119. The Hall–Kier alpha value is -7.42. The van der Waals surface area contributed by atoms with Gasteiger partial charge in [0.2, 0.25) is 5.69 Å². The van der Waals surface area contributed by atoms with Gasteiger partial charge in [-0.05, 0) is 120 Å². The summed E-state index contributed by atoms with van der Waals surface area (Å²) >= 11 is 0. The van der Waals surface area contributed by atoms with Gasteiger partial charge in [0, 0.05) is 45.0 Å². The van der Waals surface area contributed by atoms with Crippen LogP contribution in [-0.2, 0) is 42.7 Å². The Morgan fingerprint density at radius 3 is 1.99 bits per heavy atom. The van der Waals surface area contributed by atoms with Gasteiger partial charge in [-0.1, -0.05) is 194 Å². The monoisotopic (exact) mass is 1200 g/mol. The van der Waals surface area contributed by atoms with Crippen LogP contribution in [0.1, 0.15) is 126 Å². The van der Waals surface area contributed by atoms with Gasteiger partial charge < -0.3 is 9.30 Å². The molecule has 0 bridgehead atoms. The second-order valence-electron chi connectivity index (χ2n) is 23.5. The zero-order valence-electron chi connectivity index (χ0n) is 57.0. The van der Waals surface area contributed by atoms with E-state index < -0.39 is 37.1 Å². The molecule has 1 aliphatic heterocycles. The quantitative estimate of drug-likeness (QED) is 0.112. The molecule has 3 heterocycles. The molecule has 2 aliphatic rings. The fourth-order valence-corrected chi connectivity index (χ4v) is 11.0. The van der Waals surface area contributed by atoms with Gasteiger partial charge in [-0.2, -0.15) is 12.1 Å². The molecule has 5 nitrogen and oxygen atoms in total. The molecule has 12 rings (SSSR count). The summed E-state index contributed by atoms with van der Waals surface area (Å²) in [5.41, 5.74) is 9.65. The molecular weight excluding hydrogens is 1120 g/mol. The first-order valence-corrected chi connectivity index (χ1v) is 25.9. The number of hydrogen-bond donors (Lipinski definition) is 0. The van der Waals surface area contributed by atoms with Crippen molar-refractivity contribution in [2.75, 3.05) is 0 Å². The molecule has 0 amide bonds. The number of fused-ring (bicyclic) bond motifs is 5. The Bertz CT molecular complexity index is 4650. The summed E-state index contributed by atoms with van der Waals surface area (Å²) in [5.74, 6) is 0.563. The molecule has 10 aromatic rings. The van der Waals surface area contributed by atoms with Crippen LogP contribution in [0.3, 0.4) is 0 Å². The number of aryl methyl sites for hydroxylation is 1. The molecule has 0 unspecified atom stereocenters. The predicted octanol–water partition coefficient (Wildman–Crippen LogP) is 18.7. The average Bonchev–Trinajstić information content (AvgIpc) is 1.67. The molecular formula is C71H66N4OPt+2.